The lowest BCUT2D eigenvalue weighted by Crippen LogP contribution is -2.42. The van der Waals surface area contributed by atoms with Crippen LogP contribution in [-0.2, 0) is 28.9 Å². The number of carboxylic acids is 1. The number of halogens is 4. The lowest BCUT2D eigenvalue weighted by molar-refractivity contribution is -0.192. The SMILES string of the molecule is Cc1cc(N[C@@H](Cc2ccccc2)C(=O)NCCc2ccccc2)nc(NCCc2ccc(F)cc2)n1.O=C(O)C(F)(F)F. The summed E-state index contributed by atoms with van der Waals surface area (Å²) < 4.78 is 44.9. The van der Waals surface area contributed by atoms with E-state index in [2.05, 4.69) is 38.1 Å². The average molecular weight is 612 g/mol. The van der Waals surface area contributed by atoms with Crippen molar-refractivity contribution in [1.82, 2.24) is 15.3 Å². The predicted molar refractivity (Wildman–Crippen MR) is 160 cm³/mol. The number of carboxylic acid groups (broad SMARTS) is 1. The van der Waals surface area contributed by atoms with E-state index < -0.39 is 18.2 Å². The van der Waals surface area contributed by atoms with Crippen molar-refractivity contribution < 1.29 is 32.3 Å². The summed E-state index contributed by atoms with van der Waals surface area (Å²) >= 11 is 0. The van der Waals surface area contributed by atoms with Crippen LogP contribution >= 0.6 is 0 Å². The lowest BCUT2D eigenvalue weighted by Gasteiger charge is -2.20. The molecule has 4 rings (SSSR count). The van der Waals surface area contributed by atoms with Crippen LogP contribution in [0.2, 0.25) is 0 Å². The highest BCUT2D eigenvalue weighted by Crippen LogP contribution is 2.15. The molecule has 12 heteroatoms. The Morgan fingerprint density at radius 1 is 0.818 bits per heavy atom. The quantitative estimate of drug-likeness (QED) is 0.154. The molecule has 0 fully saturated rings. The molecule has 0 unspecified atom stereocenters. The van der Waals surface area contributed by atoms with Crippen molar-refractivity contribution in [3.63, 3.8) is 0 Å². The molecule has 0 saturated carbocycles. The first-order chi connectivity index (χ1) is 21.0. The second kappa shape index (κ2) is 16.6. The molecular weight excluding hydrogens is 578 g/mol. The van der Waals surface area contributed by atoms with Crippen LogP contribution in [-0.4, -0.2) is 52.3 Å². The molecule has 44 heavy (non-hydrogen) atoms. The number of nitrogens with one attached hydrogen (secondary N) is 3. The number of carbonyl (C=O) groups is 2. The number of aromatic nitrogens is 2. The molecule has 1 heterocycles. The molecule has 0 aliphatic heterocycles. The molecule has 0 aliphatic rings. The molecule has 0 aliphatic carbocycles. The molecule has 232 valence electrons. The van der Waals surface area contributed by atoms with Gasteiger partial charge in [0.15, 0.2) is 0 Å². The van der Waals surface area contributed by atoms with Gasteiger partial charge in [0, 0.05) is 31.3 Å². The number of hydrogen-bond donors (Lipinski definition) is 4. The van der Waals surface area contributed by atoms with Crippen molar-refractivity contribution in [2.75, 3.05) is 23.7 Å². The van der Waals surface area contributed by atoms with Crippen LogP contribution in [0.15, 0.2) is 91.0 Å². The third kappa shape index (κ3) is 12.1. The Morgan fingerprint density at radius 3 is 1.95 bits per heavy atom. The van der Waals surface area contributed by atoms with Gasteiger partial charge in [-0.3, -0.25) is 4.79 Å². The van der Waals surface area contributed by atoms with Crippen LogP contribution in [0.1, 0.15) is 22.4 Å². The number of nitrogens with zero attached hydrogens (tertiary/aromatic N) is 2. The predicted octanol–water partition coefficient (Wildman–Crippen LogP) is 5.59. The molecule has 0 spiro atoms. The zero-order valence-corrected chi connectivity index (χ0v) is 23.9. The van der Waals surface area contributed by atoms with E-state index in [1.807, 2.05) is 61.5 Å². The van der Waals surface area contributed by atoms with Gasteiger partial charge in [0.25, 0.3) is 0 Å². The number of aryl methyl sites for hydroxylation is 1. The Morgan fingerprint density at radius 2 is 1.36 bits per heavy atom. The number of rotatable bonds is 12. The van der Waals surface area contributed by atoms with Gasteiger partial charge in [-0.05, 0) is 48.6 Å². The number of hydrogen-bond acceptors (Lipinski definition) is 6. The maximum Gasteiger partial charge on any atom is 0.490 e. The molecule has 3 aromatic carbocycles. The number of carbonyl (C=O) groups excluding carboxylic acids is 1. The first-order valence-electron chi connectivity index (χ1n) is 13.8. The molecule has 1 aromatic heterocycles. The van der Waals surface area contributed by atoms with Crippen molar-refractivity contribution in [2.24, 2.45) is 0 Å². The summed E-state index contributed by atoms with van der Waals surface area (Å²) in [6.45, 7) is 3.04. The van der Waals surface area contributed by atoms with E-state index in [1.165, 1.54) is 17.7 Å². The van der Waals surface area contributed by atoms with E-state index in [4.69, 9.17) is 9.90 Å². The zero-order valence-electron chi connectivity index (χ0n) is 23.9. The minimum absolute atomic E-state index is 0.0816. The minimum Gasteiger partial charge on any atom is -0.475 e. The summed E-state index contributed by atoms with van der Waals surface area (Å²) in [6, 6.07) is 27.8. The largest absolute Gasteiger partial charge is 0.490 e. The van der Waals surface area contributed by atoms with Crippen molar-refractivity contribution in [3.8, 4) is 0 Å². The van der Waals surface area contributed by atoms with Gasteiger partial charge in [0.1, 0.15) is 17.7 Å². The maximum atomic E-state index is 13.2. The van der Waals surface area contributed by atoms with E-state index in [0.717, 1.165) is 23.2 Å². The Balaban J connectivity index is 0.000000676. The topological polar surface area (TPSA) is 116 Å². The summed E-state index contributed by atoms with van der Waals surface area (Å²) in [4.78, 5) is 31.2. The van der Waals surface area contributed by atoms with Crippen LogP contribution in [0.3, 0.4) is 0 Å². The summed E-state index contributed by atoms with van der Waals surface area (Å²) in [6.07, 6.45) is -3.09. The number of amides is 1. The van der Waals surface area contributed by atoms with Gasteiger partial charge in [-0.1, -0.05) is 72.8 Å². The third-order valence-electron chi connectivity index (χ3n) is 6.18. The van der Waals surface area contributed by atoms with Crippen molar-refractivity contribution in [3.05, 3.63) is 119 Å². The van der Waals surface area contributed by atoms with Crippen LogP contribution in [0, 0.1) is 12.7 Å². The lowest BCUT2D eigenvalue weighted by atomic mass is 10.0. The van der Waals surface area contributed by atoms with Crippen molar-refractivity contribution >= 4 is 23.6 Å². The second-order valence-electron chi connectivity index (χ2n) is 9.74. The molecule has 4 aromatic rings. The van der Waals surface area contributed by atoms with Gasteiger partial charge in [0.05, 0.1) is 0 Å². The molecule has 4 N–H and O–H groups in total. The summed E-state index contributed by atoms with van der Waals surface area (Å²) in [5, 5.41) is 16.8. The molecule has 8 nitrogen and oxygen atoms in total. The van der Waals surface area contributed by atoms with Gasteiger partial charge in [-0.2, -0.15) is 18.2 Å². The van der Waals surface area contributed by atoms with E-state index in [-0.39, 0.29) is 11.7 Å². The van der Waals surface area contributed by atoms with Gasteiger partial charge < -0.3 is 21.1 Å². The van der Waals surface area contributed by atoms with Crippen LogP contribution in [0.5, 0.6) is 0 Å². The Labute approximate surface area is 252 Å². The first kappa shape index (κ1) is 33.5. The smallest absolute Gasteiger partial charge is 0.475 e. The Bertz CT molecular complexity index is 1470. The van der Waals surface area contributed by atoms with Crippen molar-refractivity contribution in [1.29, 1.82) is 0 Å². The molecule has 0 bridgehead atoms. The van der Waals surface area contributed by atoms with E-state index in [0.29, 0.717) is 37.7 Å². The minimum atomic E-state index is -5.08. The third-order valence-corrected chi connectivity index (χ3v) is 6.18. The van der Waals surface area contributed by atoms with Gasteiger partial charge >= 0.3 is 12.1 Å². The summed E-state index contributed by atoms with van der Waals surface area (Å²) in [5.74, 6) is -2.03. The fourth-order valence-corrected chi connectivity index (χ4v) is 4.03. The average Bonchev–Trinajstić information content (AvgIpc) is 2.98. The molecule has 1 atom stereocenters. The second-order valence-corrected chi connectivity index (χ2v) is 9.74. The normalized spacial score (nSPS) is 11.5. The van der Waals surface area contributed by atoms with Crippen LogP contribution < -0.4 is 16.0 Å². The fourth-order valence-electron chi connectivity index (χ4n) is 4.03. The van der Waals surface area contributed by atoms with Crippen LogP contribution in [0.25, 0.3) is 0 Å². The van der Waals surface area contributed by atoms with E-state index in [9.17, 15) is 22.4 Å². The van der Waals surface area contributed by atoms with Crippen molar-refractivity contribution in [2.45, 2.75) is 38.4 Å². The highest BCUT2D eigenvalue weighted by molar-refractivity contribution is 5.84. The molecular formula is C32H33F4N5O3. The number of anilines is 2. The highest BCUT2D eigenvalue weighted by Gasteiger charge is 2.38. The molecule has 0 saturated heterocycles. The summed E-state index contributed by atoms with van der Waals surface area (Å²) in [7, 11) is 0. The van der Waals surface area contributed by atoms with Gasteiger partial charge in [0.2, 0.25) is 11.9 Å². The van der Waals surface area contributed by atoms with E-state index in [1.54, 1.807) is 12.1 Å². The zero-order chi connectivity index (χ0) is 32.0. The summed E-state index contributed by atoms with van der Waals surface area (Å²) in [5.41, 5.74) is 4.04. The molecule has 0 radical (unpaired) electrons. The first-order valence-corrected chi connectivity index (χ1v) is 13.8. The van der Waals surface area contributed by atoms with Gasteiger partial charge in [-0.15, -0.1) is 0 Å². The number of benzene rings is 3. The van der Waals surface area contributed by atoms with Gasteiger partial charge in [-0.25, -0.2) is 14.2 Å². The standard InChI is InChI=1S/C30H32FN5O.C2HF3O2/c1-22-20-28(36-30(34-22)33-19-17-24-12-14-26(31)15-13-24)35-27(21-25-10-6-3-7-11-25)29(37)32-18-16-23-8-4-2-5-9-23;3-2(4,5)1(6)7/h2-15,20,27H,16-19,21H2,1H3,(H,32,37)(H2,33,34,35,36);(H,6,7)/t27-;/m0./s1. The maximum absolute atomic E-state index is 13.2. The Hall–Kier alpha value is -5.00. The number of alkyl halides is 3. The highest BCUT2D eigenvalue weighted by atomic mass is 19.4. The number of aliphatic carboxylic acids is 1. The van der Waals surface area contributed by atoms with Crippen LogP contribution in [0.4, 0.5) is 29.3 Å². The van der Waals surface area contributed by atoms with E-state index >= 15 is 0 Å². The monoisotopic (exact) mass is 611 g/mol. The molecule has 1 amide bonds. The fraction of sp³-hybridized carbons (Fsp3) is 0.250. The Kier molecular flexibility index (Phi) is 12.6.